The quantitative estimate of drug-likeness (QED) is 0.416. The van der Waals surface area contributed by atoms with E-state index in [-0.39, 0.29) is 22.7 Å². The monoisotopic (exact) mass is 445 g/mol. The fourth-order valence-electron chi connectivity index (χ4n) is 3.69. The summed E-state index contributed by atoms with van der Waals surface area (Å²) < 4.78 is 17.4. The maximum atomic E-state index is 13.4. The minimum Gasteiger partial charge on any atom is -0.497 e. The van der Waals surface area contributed by atoms with E-state index in [2.05, 4.69) is 5.32 Å². The third-order valence-electron chi connectivity index (χ3n) is 5.31. The van der Waals surface area contributed by atoms with Crippen molar-refractivity contribution in [3.05, 3.63) is 83.7 Å². The molecule has 0 radical (unpaired) electrons. The minimum atomic E-state index is -0.468. The van der Waals surface area contributed by atoms with Crippen molar-refractivity contribution in [3.8, 4) is 17.2 Å². The Hall–Kier alpha value is -4.46. The van der Waals surface area contributed by atoms with Crippen LogP contribution in [-0.2, 0) is 0 Å². The van der Waals surface area contributed by atoms with Crippen LogP contribution in [0.5, 0.6) is 17.2 Å². The highest BCUT2D eigenvalue weighted by molar-refractivity contribution is 6.20. The Morgan fingerprint density at radius 1 is 0.879 bits per heavy atom. The van der Waals surface area contributed by atoms with Crippen LogP contribution in [0, 0.1) is 0 Å². The van der Waals surface area contributed by atoms with E-state index in [1.807, 2.05) is 0 Å². The molecule has 0 saturated heterocycles. The number of nitrogen functional groups attached to an aromatic ring is 1. The number of methoxy groups -OCH3 is 3. The van der Waals surface area contributed by atoms with Crippen molar-refractivity contribution in [2.75, 3.05) is 32.4 Å². The number of pyridine rings is 1. The number of benzene rings is 2. The maximum absolute atomic E-state index is 13.4. The molecular formula is C25H23N3O5. The summed E-state index contributed by atoms with van der Waals surface area (Å²) >= 11 is 0. The van der Waals surface area contributed by atoms with E-state index < -0.39 is 5.91 Å². The largest absolute Gasteiger partial charge is 0.497 e. The van der Waals surface area contributed by atoms with Gasteiger partial charge in [0.25, 0.3) is 5.91 Å². The molecule has 0 aliphatic rings. The first-order valence-corrected chi connectivity index (χ1v) is 10.1. The SMILES string of the molecule is COc1cccc(C(=O)c2c(N)c(C(=O)Nc3ccc(OC)cc3OC)c3ccccn23)c1. The van der Waals surface area contributed by atoms with Gasteiger partial charge in [0, 0.05) is 17.8 Å². The third kappa shape index (κ3) is 3.94. The lowest BCUT2D eigenvalue weighted by Gasteiger charge is -2.11. The lowest BCUT2D eigenvalue weighted by Crippen LogP contribution is -2.14. The molecule has 168 valence electrons. The number of ketones is 1. The molecule has 8 nitrogen and oxygen atoms in total. The van der Waals surface area contributed by atoms with Gasteiger partial charge in [0.15, 0.2) is 0 Å². The second-order valence-electron chi connectivity index (χ2n) is 7.17. The highest BCUT2D eigenvalue weighted by Crippen LogP contribution is 2.33. The number of nitrogens with one attached hydrogen (secondary N) is 1. The van der Waals surface area contributed by atoms with E-state index in [0.29, 0.717) is 34.0 Å². The highest BCUT2D eigenvalue weighted by Gasteiger charge is 2.27. The second-order valence-corrected chi connectivity index (χ2v) is 7.17. The molecule has 4 aromatic rings. The predicted molar refractivity (Wildman–Crippen MR) is 126 cm³/mol. The lowest BCUT2D eigenvalue weighted by atomic mass is 10.1. The van der Waals surface area contributed by atoms with Crippen molar-refractivity contribution < 1.29 is 23.8 Å². The van der Waals surface area contributed by atoms with E-state index in [4.69, 9.17) is 19.9 Å². The molecule has 33 heavy (non-hydrogen) atoms. The van der Waals surface area contributed by atoms with E-state index in [1.54, 1.807) is 78.4 Å². The Kier molecular flexibility index (Phi) is 5.91. The van der Waals surface area contributed by atoms with Crippen LogP contribution >= 0.6 is 0 Å². The lowest BCUT2D eigenvalue weighted by molar-refractivity contribution is 0.102. The first-order valence-electron chi connectivity index (χ1n) is 10.1. The second kappa shape index (κ2) is 8.96. The summed E-state index contributed by atoms with van der Waals surface area (Å²) in [6, 6.07) is 17.1. The molecule has 4 rings (SSSR count). The van der Waals surface area contributed by atoms with Gasteiger partial charge in [-0.3, -0.25) is 9.59 Å². The van der Waals surface area contributed by atoms with Crippen LogP contribution in [0.2, 0.25) is 0 Å². The van der Waals surface area contributed by atoms with Gasteiger partial charge in [-0.25, -0.2) is 0 Å². The standard InChI is InChI=1S/C25H23N3O5/c1-31-16-8-6-7-15(13-16)24(29)23-22(26)21(19-9-4-5-12-28(19)23)25(30)27-18-11-10-17(32-2)14-20(18)33-3/h4-14H,26H2,1-3H3,(H,27,30). The average Bonchev–Trinajstić information content (AvgIpc) is 3.15. The predicted octanol–water partition coefficient (Wildman–Crippen LogP) is 4.03. The highest BCUT2D eigenvalue weighted by atomic mass is 16.5. The van der Waals surface area contributed by atoms with Crippen molar-refractivity contribution in [1.82, 2.24) is 4.40 Å². The number of fused-ring (bicyclic) bond motifs is 1. The zero-order valence-corrected chi connectivity index (χ0v) is 18.4. The molecule has 2 aromatic carbocycles. The van der Waals surface area contributed by atoms with Crippen molar-refractivity contribution in [1.29, 1.82) is 0 Å². The number of anilines is 2. The van der Waals surface area contributed by atoms with Gasteiger partial charge in [-0.2, -0.15) is 0 Å². The molecular weight excluding hydrogens is 422 g/mol. The van der Waals surface area contributed by atoms with Crippen molar-refractivity contribution in [2.24, 2.45) is 0 Å². The molecule has 0 aliphatic heterocycles. The number of nitrogens with zero attached hydrogens (tertiary/aromatic N) is 1. The number of rotatable bonds is 7. The average molecular weight is 445 g/mol. The molecule has 2 aromatic heterocycles. The number of ether oxygens (including phenoxy) is 3. The van der Waals surface area contributed by atoms with Crippen LogP contribution in [0.25, 0.3) is 5.52 Å². The summed E-state index contributed by atoms with van der Waals surface area (Å²) in [4.78, 5) is 26.7. The van der Waals surface area contributed by atoms with E-state index in [9.17, 15) is 9.59 Å². The molecule has 0 fully saturated rings. The number of carbonyl (C=O) groups excluding carboxylic acids is 2. The maximum Gasteiger partial charge on any atom is 0.260 e. The van der Waals surface area contributed by atoms with Gasteiger partial charge in [0.2, 0.25) is 5.78 Å². The van der Waals surface area contributed by atoms with Gasteiger partial charge < -0.3 is 29.7 Å². The fourth-order valence-corrected chi connectivity index (χ4v) is 3.69. The Morgan fingerprint density at radius 3 is 2.36 bits per heavy atom. The number of hydrogen-bond acceptors (Lipinski definition) is 6. The zero-order chi connectivity index (χ0) is 23.5. The van der Waals surface area contributed by atoms with Gasteiger partial charge in [-0.15, -0.1) is 0 Å². The number of amides is 1. The number of aromatic nitrogens is 1. The summed E-state index contributed by atoms with van der Waals surface area (Å²) in [6.45, 7) is 0. The van der Waals surface area contributed by atoms with E-state index in [1.165, 1.54) is 14.2 Å². The van der Waals surface area contributed by atoms with Gasteiger partial charge in [-0.05, 0) is 36.4 Å². The summed E-state index contributed by atoms with van der Waals surface area (Å²) in [7, 11) is 4.57. The van der Waals surface area contributed by atoms with Crippen LogP contribution in [-0.4, -0.2) is 37.4 Å². The zero-order valence-electron chi connectivity index (χ0n) is 18.4. The number of hydrogen-bond donors (Lipinski definition) is 2. The van der Waals surface area contributed by atoms with Crippen LogP contribution in [0.4, 0.5) is 11.4 Å². The summed E-state index contributed by atoms with van der Waals surface area (Å²) in [6.07, 6.45) is 1.70. The van der Waals surface area contributed by atoms with Crippen LogP contribution in [0.3, 0.4) is 0 Å². The first kappa shape index (κ1) is 21.8. The molecule has 2 heterocycles. The molecule has 0 spiro atoms. The topological polar surface area (TPSA) is 104 Å². The Bertz CT molecular complexity index is 1360. The number of carbonyl (C=O) groups is 2. The van der Waals surface area contributed by atoms with E-state index >= 15 is 0 Å². The molecule has 0 aliphatic carbocycles. The van der Waals surface area contributed by atoms with Crippen LogP contribution in [0.15, 0.2) is 66.9 Å². The van der Waals surface area contributed by atoms with Gasteiger partial charge in [-0.1, -0.05) is 18.2 Å². The van der Waals surface area contributed by atoms with Crippen molar-refractivity contribution in [3.63, 3.8) is 0 Å². The van der Waals surface area contributed by atoms with Crippen LogP contribution in [0.1, 0.15) is 26.4 Å². The number of nitrogens with two attached hydrogens (primary N) is 1. The normalized spacial score (nSPS) is 10.6. The van der Waals surface area contributed by atoms with Gasteiger partial charge >= 0.3 is 0 Å². The molecule has 0 bridgehead atoms. The Morgan fingerprint density at radius 2 is 1.64 bits per heavy atom. The fraction of sp³-hybridized carbons (Fsp3) is 0.120. The van der Waals surface area contributed by atoms with Gasteiger partial charge in [0.05, 0.1) is 43.8 Å². The molecule has 1 amide bonds. The van der Waals surface area contributed by atoms with E-state index in [0.717, 1.165) is 0 Å². The Labute approximate surface area is 190 Å². The Balaban J connectivity index is 1.79. The van der Waals surface area contributed by atoms with Crippen molar-refractivity contribution in [2.45, 2.75) is 0 Å². The summed E-state index contributed by atoms with van der Waals surface area (Å²) in [5, 5.41) is 2.83. The smallest absolute Gasteiger partial charge is 0.260 e. The molecule has 0 saturated carbocycles. The van der Waals surface area contributed by atoms with Crippen molar-refractivity contribution >= 4 is 28.6 Å². The molecule has 0 unspecified atom stereocenters. The first-order chi connectivity index (χ1) is 16.0. The molecule has 8 heteroatoms. The molecule has 3 N–H and O–H groups in total. The third-order valence-corrected chi connectivity index (χ3v) is 5.31. The summed E-state index contributed by atoms with van der Waals surface area (Å²) in [5.74, 6) is 0.769. The summed E-state index contributed by atoms with van der Waals surface area (Å²) in [5.41, 5.74) is 8.23. The van der Waals surface area contributed by atoms with Gasteiger partial charge in [0.1, 0.15) is 22.9 Å². The van der Waals surface area contributed by atoms with Crippen LogP contribution < -0.4 is 25.3 Å². The minimum absolute atomic E-state index is 0.0824. The molecule has 0 atom stereocenters.